The maximum atomic E-state index is 13.7. The highest BCUT2D eigenvalue weighted by Gasteiger charge is 2.43. The van der Waals surface area contributed by atoms with Crippen LogP contribution < -0.4 is 5.32 Å². The minimum atomic E-state index is -0.768. The second-order valence-corrected chi connectivity index (χ2v) is 8.56. The van der Waals surface area contributed by atoms with Crippen LogP contribution >= 0.6 is 0 Å². The Kier molecular flexibility index (Phi) is 6.82. The summed E-state index contributed by atoms with van der Waals surface area (Å²) in [7, 11) is 0. The summed E-state index contributed by atoms with van der Waals surface area (Å²) in [6.45, 7) is 3.24. The van der Waals surface area contributed by atoms with Gasteiger partial charge in [0.1, 0.15) is 5.82 Å². The minimum Gasteiger partial charge on any atom is -0.356 e. The number of rotatable bonds is 6. The van der Waals surface area contributed by atoms with Gasteiger partial charge in [-0.3, -0.25) is 14.6 Å². The fourth-order valence-electron chi connectivity index (χ4n) is 4.71. The molecule has 2 amide bonds. The van der Waals surface area contributed by atoms with Crippen LogP contribution in [0.2, 0.25) is 0 Å². The van der Waals surface area contributed by atoms with Crippen molar-refractivity contribution < 1.29 is 14.0 Å². The molecule has 5 nitrogen and oxygen atoms in total. The smallest absolute Gasteiger partial charge is 0.253 e. The summed E-state index contributed by atoms with van der Waals surface area (Å²) in [5.74, 6) is -0.746. The van der Waals surface area contributed by atoms with Gasteiger partial charge in [-0.2, -0.15) is 0 Å². The number of hydrogen-bond acceptors (Lipinski definition) is 3. The third-order valence-electron chi connectivity index (χ3n) is 6.27. The van der Waals surface area contributed by atoms with E-state index in [2.05, 4.69) is 10.3 Å². The molecule has 170 valence electrons. The van der Waals surface area contributed by atoms with Gasteiger partial charge in [-0.05, 0) is 61.6 Å². The Hall–Kier alpha value is -3.54. The number of pyridine rings is 1. The van der Waals surface area contributed by atoms with E-state index in [9.17, 15) is 14.0 Å². The molecule has 4 rings (SSSR count). The number of nitrogens with zero attached hydrogens (tertiary/aromatic N) is 2. The van der Waals surface area contributed by atoms with Gasteiger partial charge >= 0.3 is 0 Å². The first kappa shape index (κ1) is 22.6. The van der Waals surface area contributed by atoms with Crippen molar-refractivity contribution in [1.82, 2.24) is 15.2 Å². The molecule has 1 aliphatic heterocycles. The Morgan fingerprint density at radius 1 is 1.12 bits per heavy atom. The molecule has 1 fully saturated rings. The monoisotopic (exact) mass is 445 g/mol. The van der Waals surface area contributed by atoms with Gasteiger partial charge in [0.15, 0.2) is 0 Å². The van der Waals surface area contributed by atoms with Gasteiger partial charge in [0, 0.05) is 43.2 Å². The average Bonchev–Trinajstić information content (AvgIpc) is 2.85. The van der Waals surface area contributed by atoms with Crippen molar-refractivity contribution in [2.45, 2.75) is 26.2 Å². The highest BCUT2D eigenvalue weighted by molar-refractivity contribution is 5.95. The molecule has 1 saturated heterocycles. The number of likely N-dealkylation sites (tertiary alicyclic amines) is 1. The molecule has 1 aromatic heterocycles. The Bertz CT molecular complexity index is 1130. The lowest BCUT2D eigenvalue weighted by Crippen LogP contribution is -2.54. The fourth-order valence-corrected chi connectivity index (χ4v) is 4.71. The fraction of sp³-hybridized carbons (Fsp3) is 0.296. The minimum absolute atomic E-state index is 0.0530. The molecule has 0 radical (unpaired) electrons. The van der Waals surface area contributed by atoms with E-state index in [0.717, 1.165) is 16.7 Å². The van der Waals surface area contributed by atoms with Crippen molar-refractivity contribution in [3.8, 4) is 11.1 Å². The van der Waals surface area contributed by atoms with Gasteiger partial charge in [0.2, 0.25) is 5.91 Å². The highest BCUT2D eigenvalue weighted by Crippen LogP contribution is 2.37. The number of halogens is 1. The summed E-state index contributed by atoms with van der Waals surface area (Å²) in [5, 5.41) is 2.99. The summed E-state index contributed by atoms with van der Waals surface area (Å²) in [6, 6.07) is 17.7. The summed E-state index contributed by atoms with van der Waals surface area (Å²) < 4.78 is 13.7. The Balaban J connectivity index is 1.68. The van der Waals surface area contributed by atoms with Gasteiger partial charge in [0.05, 0.1) is 5.41 Å². The van der Waals surface area contributed by atoms with E-state index < -0.39 is 11.2 Å². The SMILES string of the molecule is CCNC(=O)[C@@]1(Cc2ccccc2-c2cccnc2)CCCN(C(=O)c2cccc(F)c2)C1. The zero-order valence-corrected chi connectivity index (χ0v) is 18.8. The van der Waals surface area contributed by atoms with Crippen molar-refractivity contribution in [2.24, 2.45) is 5.41 Å². The summed E-state index contributed by atoms with van der Waals surface area (Å²) in [6.07, 6.45) is 5.43. The van der Waals surface area contributed by atoms with Gasteiger partial charge in [0.25, 0.3) is 5.91 Å². The number of benzene rings is 2. The molecule has 0 saturated carbocycles. The van der Waals surface area contributed by atoms with Crippen LogP contribution in [0.3, 0.4) is 0 Å². The normalized spacial score (nSPS) is 18.1. The third-order valence-corrected chi connectivity index (χ3v) is 6.27. The van der Waals surface area contributed by atoms with Crippen molar-refractivity contribution in [3.63, 3.8) is 0 Å². The first-order valence-electron chi connectivity index (χ1n) is 11.3. The van der Waals surface area contributed by atoms with Crippen LogP contribution in [-0.2, 0) is 11.2 Å². The average molecular weight is 446 g/mol. The maximum absolute atomic E-state index is 13.7. The zero-order chi connectivity index (χ0) is 23.3. The van der Waals surface area contributed by atoms with Gasteiger partial charge in [-0.15, -0.1) is 0 Å². The van der Waals surface area contributed by atoms with Crippen LogP contribution in [0.4, 0.5) is 4.39 Å². The van der Waals surface area contributed by atoms with Crippen LogP contribution in [0, 0.1) is 11.2 Å². The number of carbonyl (C=O) groups excluding carboxylic acids is 2. The largest absolute Gasteiger partial charge is 0.356 e. The number of piperidine rings is 1. The van der Waals surface area contributed by atoms with Crippen molar-refractivity contribution in [2.75, 3.05) is 19.6 Å². The molecule has 0 unspecified atom stereocenters. The summed E-state index contributed by atoms with van der Waals surface area (Å²) in [5.41, 5.74) is 2.59. The van der Waals surface area contributed by atoms with Crippen LogP contribution in [0.1, 0.15) is 35.7 Å². The molecule has 6 heteroatoms. The molecule has 0 spiro atoms. The first-order chi connectivity index (χ1) is 16.0. The number of aromatic nitrogens is 1. The van der Waals surface area contributed by atoms with E-state index in [0.29, 0.717) is 37.9 Å². The molecular weight excluding hydrogens is 417 g/mol. The van der Waals surface area contributed by atoms with Crippen LogP contribution in [0.15, 0.2) is 73.1 Å². The summed E-state index contributed by atoms with van der Waals surface area (Å²) >= 11 is 0. The van der Waals surface area contributed by atoms with Gasteiger partial charge in [-0.1, -0.05) is 36.4 Å². The van der Waals surface area contributed by atoms with E-state index in [-0.39, 0.29) is 18.4 Å². The highest BCUT2D eigenvalue weighted by atomic mass is 19.1. The quantitative estimate of drug-likeness (QED) is 0.608. The topological polar surface area (TPSA) is 62.3 Å². The van der Waals surface area contributed by atoms with E-state index >= 15 is 0 Å². The van der Waals surface area contributed by atoms with E-state index in [1.165, 1.54) is 18.2 Å². The van der Waals surface area contributed by atoms with Gasteiger partial charge < -0.3 is 10.2 Å². The second-order valence-electron chi connectivity index (χ2n) is 8.56. The Morgan fingerprint density at radius 2 is 1.97 bits per heavy atom. The first-order valence-corrected chi connectivity index (χ1v) is 11.3. The molecule has 1 atom stereocenters. The van der Waals surface area contributed by atoms with Crippen molar-refractivity contribution >= 4 is 11.8 Å². The molecule has 1 aliphatic rings. The molecule has 2 heterocycles. The van der Waals surface area contributed by atoms with Crippen LogP contribution in [0.5, 0.6) is 0 Å². The lowest BCUT2D eigenvalue weighted by Gasteiger charge is -2.42. The molecule has 33 heavy (non-hydrogen) atoms. The molecule has 3 aromatic rings. The lowest BCUT2D eigenvalue weighted by molar-refractivity contribution is -0.133. The standard InChI is InChI=1S/C27H28FN3O2/c1-2-30-26(33)27(17-21-8-3-4-12-24(21)22-10-6-14-29-18-22)13-7-15-31(19-27)25(32)20-9-5-11-23(28)16-20/h3-6,8-12,14,16,18H,2,7,13,15,17,19H2,1H3,(H,30,33)/t27-/m1/s1. The lowest BCUT2D eigenvalue weighted by atomic mass is 9.73. The Labute approximate surface area is 193 Å². The van der Waals surface area contributed by atoms with Crippen LogP contribution in [-0.4, -0.2) is 41.3 Å². The molecule has 1 N–H and O–H groups in total. The Morgan fingerprint density at radius 3 is 2.73 bits per heavy atom. The maximum Gasteiger partial charge on any atom is 0.253 e. The predicted molar refractivity (Wildman–Crippen MR) is 126 cm³/mol. The van der Waals surface area contributed by atoms with E-state index in [4.69, 9.17) is 0 Å². The van der Waals surface area contributed by atoms with Gasteiger partial charge in [-0.25, -0.2) is 4.39 Å². The number of amides is 2. The molecule has 0 bridgehead atoms. The number of hydrogen-bond donors (Lipinski definition) is 1. The zero-order valence-electron chi connectivity index (χ0n) is 18.8. The third kappa shape index (κ3) is 4.95. The van der Waals surface area contributed by atoms with E-state index in [1.54, 1.807) is 17.2 Å². The number of nitrogens with one attached hydrogen (secondary N) is 1. The van der Waals surface area contributed by atoms with Crippen LogP contribution in [0.25, 0.3) is 11.1 Å². The predicted octanol–water partition coefficient (Wildman–Crippen LogP) is 4.49. The number of carbonyl (C=O) groups is 2. The molecule has 0 aliphatic carbocycles. The molecular formula is C27H28FN3O2. The second kappa shape index (κ2) is 9.94. The van der Waals surface area contributed by atoms with E-state index in [1.807, 2.05) is 49.5 Å². The van der Waals surface area contributed by atoms with Crippen molar-refractivity contribution in [1.29, 1.82) is 0 Å². The summed E-state index contributed by atoms with van der Waals surface area (Å²) in [4.78, 5) is 32.5. The van der Waals surface area contributed by atoms with Crippen molar-refractivity contribution in [3.05, 3.63) is 90.0 Å². The molecule has 2 aromatic carbocycles.